The number of hydrogen-bond acceptors (Lipinski definition) is 3. The second kappa shape index (κ2) is 7.20. The Kier molecular flexibility index (Phi) is 4.73. The molecule has 0 saturated carbocycles. The molecule has 2 aromatic carbocycles. The number of nitrogens with one attached hydrogen (secondary N) is 2. The van der Waals surface area contributed by atoms with Gasteiger partial charge in [0.2, 0.25) is 5.91 Å². The smallest absolute Gasteiger partial charge is 0.266 e. The highest BCUT2D eigenvalue weighted by Crippen LogP contribution is 2.45. The molecule has 1 unspecified atom stereocenters. The van der Waals surface area contributed by atoms with E-state index in [1.54, 1.807) is 18.2 Å². The van der Waals surface area contributed by atoms with E-state index in [2.05, 4.69) is 10.6 Å². The van der Waals surface area contributed by atoms with E-state index in [1.165, 1.54) is 17.4 Å². The summed E-state index contributed by atoms with van der Waals surface area (Å²) in [7, 11) is 0. The molecule has 0 spiro atoms. The molecule has 0 fully saturated rings. The molecule has 1 atom stereocenters. The quantitative estimate of drug-likeness (QED) is 0.639. The summed E-state index contributed by atoms with van der Waals surface area (Å²) in [6.45, 7) is 3.78. The van der Waals surface area contributed by atoms with Gasteiger partial charge in [-0.25, -0.2) is 4.39 Å². The lowest BCUT2D eigenvalue weighted by Gasteiger charge is -2.24. The number of carbonyl (C=O) groups excluding carboxylic acids is 2. The summed E-state index contributed by atoms with van der Waals surface area (Å²) in [4.78, 5) is 25.7. The Hall–Kier alpha value is -2.99. The van der Waals surface area contributed by atoms with Gasteiger partial charge in [0, 0.05) is 18.0 Å². The average Bonchev–Trinajstić information content (AvgIpc) is 3.00. The molecule has 4 rings (SSSR count). The summed E-state index contributed by atoms with van der Waals surface area (Å²) < 4.78 is 14.4. The molecular weight excluding hydrogens is 375 g/mol. The number of thiophene rings is 1. The molecule has 2 amide bonds. The van der Waals surface area contributed by atoms with E-state index in [0.29, 0.717) is 15.4 Å². The molecular formula is C22H19FN2O2S. The van der Waals surface area contributed by atoms with E-state index < -0.39 is 5.92 Å². The van der Waals surface area contributed by atoms with Gasteiger partial charge in [-0.1, -0.05) is 36.4 Å². The van der Waals surface area contributed by atoms with Crippen molar-refractivity contribution in [3.63, 3.8) is 0 Å². The summed E-state index contributed by atoms with van der Waals surface area (Å²) in [5, 5.41) is 6.41. The summed E-state index contributed by atoms with van der Waals surface area (Å²) in [6.07, 6.45) is 0.157. The van der Waals surface area contributed by atoms with Crippen LogP contribution in [0.25, 0.3) is 0 Å². The van der Waals surface area contributed by atoms with E-state index in [-0.39, 0.29) is 24.1 Å². The van der Waals surface area contributed by atoms with Crippen molar-refractivity contribution < 1.29 is 14.0 Å². The number of para-hydroxylation sites is 1. The minimum Gasteiger partial charge on any atom is -0.321 e. The molecule has 2 N–H and O–H groups in total. The lowest BCUT2D eigenvalue weighted by atomic mass is 9.84. The maximum atomic E-state index is 14.4. The molecule has 0 aliphatic carbocycles. The van der Waals surface area contributed by atoms with Crippen molar-refractivity contribution >= 4 is 33.8 Å². The Labute approximate surface area is 166 Å². The fraction of sp³-hybridized carbons (Fsp3) is 0.182. The van der Waals surface area contributed by atoms with Crippen LogP contribution >= 0.6 is 11.3 Å². The van der Waals surface area contributed by atoms with Gasteiger partial charge in [-0.05, 0) is 48.2 Å². The molecule has 1 aliphatic heterocycles. The van der Waals surface area contributed by atoms with Crippen molar-refractivity contribution in [2.24, 2.45) is 0 Å². The van der Waals surface area contributed by atoms with Gasteiger partial charge in [0.05, 0.1) is 9.88 Å². The Morgan fingerprint density at radius 1 is 1.14 bits per heavy atom. The van der Waals surface area contributed by atoms with Crippen molar-refractivity contribution in [3.05, 3.63) is 81.5 Å². The minimum atomic E-state index is -0.402. The summed E-state index contributed by atoms with van der Waals surface area (Å²) in [5.41, 5.74) is 3.79. The highest BCUT2D eigenvalue weighted by Gasteiger charge is 2.34. The molecule has 4 nitrogen and oxygen atoms in total. The predicted molar refractivity (Wildman–Crippen MR) is 110 cm³/mol. The van der Waals surface area contributed by atoms with Crippen molar-refractivity contribution in [2.75, 3.05) is 10.6 Å². The fourth-order valence-corrected chi connectivity index (χ4v) is 4.82. The van der Waals surface area contributed by atoms with Gasteiger partial charge in [-0.3, -0.25) is 9.59 Å². The van der Waals surface area contributed by atoms with Crippen LogP contribution in [0, 0.1) is 19.7 Å². The van der Waals surface area contributed by atoms with E-state index >= 15 is 0 Å². The van der Waals surface area contributed by atoms with Crippen LogP contribution in [0.15, 0.2) is 48.5 Å². The molecule has 6 heteroatoms. The number of amides is 2. The molecule has 2 heterocycles. The van der Waals surface area contributed by atoms with Gasteiger partial charge in [-0.15, -0.1) is 11.3 Å². The maximum absolute atomic E-state index is 14.4. The third-order valence-corrected chi connectivity index (χ3v) is 6.29. The van der Waals surface area contributed by atoms with E-state index in [9.17, 15) is 14.0 Å². The first-order valence-corrected chi connectivity index (χ1v) is 9.82. The average molecular weight is 394 g/mol. The highest BCUT2D eigenvalue weighted by atomic mass is 32.1. The van der Waals surface area contributed by atoms with Gasteiger partial charge < -0.3 is 10.6 Å². The Morgan fingerprint density at radius 3 is 2.61 bits per heavy atom. The van der Waals surface area contributed by atoms with Crippen molar-refractivity contribution in [1.29, 1.82) is 0 Å². The second-order valence-corrected chi connectivity index (χ2v) is 7.92. The normalized spacial score (nSPS) is 15.7. The molecule has 3 aromatic rings. The SMILES string of the molecule is Cc1ccccc1NC(=O)c1sc2c(c1C)C(c1ccccc1F)CC(=O)N2. The number of aryl methyl sites for hydroxylation is 1. The highest BCUT2D eigenvalue weighted by molar-refractivity contribution is 7.18. The van der Waals surface area contributed by atoms with Crippen LogP contribution in [0.4, 0.5) is 15.1 Å². The van der Waals surface area contributed by atoms with Gasteiger partial charge in [0.1, 0.15) is 5.82 Å². The predicted octanol–water partition coefficient (Wildman–Crippen LogP) is 5.23. The van der Waals surface area contributed by atoms with Gasteiger partial charge in [0.15, 0.2) is 0 Å². The molecule has 0 saturated heterocycles. The van der Waals surface area contributed by atoms with Crippen molar-refractivity contribution in [2.45, 2.75) is 26.2 Å². The molecule has 1 aromatic heterocycles. The minimum absolute atomic E-state index is 0.157. The zero-order valence-electron chi connectivity index (χ0n) is 15.5. The Balaban J connectivity index is 1.74. The Bertz CT molecular complexity index is 1090. The number of carbonyl (C=O) groups is 2. The zero-order chi connectivity index (χ0) is 19.8. The van der Waals surface area contributed by atoms with Crippen LogP contribution in [0.2, 0.25) is 0 Å². The summed E-state index contributed by atoms with van der Waals surface area (Å²) in [6, 6.07) is 14.0. The Morgan fingerprint density at radius 2 is 1.86 bits per heavy atom. The van der Waals surface area contributed by atoms with Crippen LogP contribution in [0.5, 0.6) is 0 Å². The number of rotatable bonds is 3. The van der Waals surface area contributed by atoms with Gasteiger partial charge in [0.25, 0.3) is 5.91 Å². The fourth-order valence-electron chi connectivity index (χ4n) is 3.64. The number of benzene rings is 2. The maximum Gasteiger partial charge on any atom is 0.266 e. The van der Waals surface area contributed by atoms with Crippen LogP contribution in [0.3, 0.4) is 0 Å². The molecule has 28 heavy (non-hydrogen) atoms. The summed E-state index contributed by atoms with van der Waals surface area (Å²) in [5.74, 6) is -1.15. The first-order chi connectivity index (χ1) is 13.5. The van der Waals surface area contributed by atoms with Crippen LogP contribution in [0.1, 0.15) is 44.3 Å². The molecule has 142 valence electrons. The standard InChI is InChI=1S/C22H19FN2O2S/c1-12-7-3-6-10-17(12)24-21(27)20-13(2)19-15(11-18(26)25-22(19)28-20)14-8-4-5-9-16(14)23/h3-10,15H,11H2,1-2H3,(H,24,27)(H,25,26). The number of fused-ring (bicyclic) bond motifs is 1. The summed E-state index contributed by atoms with van der Waals surface area (Å²) >= 11 is 1.24. The van der Waals surface area contributed by atoms with E-state index in [0.717, 1.165) is 22.4 Å². The topological polar surface area (TPSA) is 58.2 Å². The van der Waals surface area contributed by atoms with Gasteiger partial charge in [-0.2, -0.15) is 0 Å². The monoisotopic (exact) mass is 394 g/mol. The third-order valence-electron chi connectivity index (χ3n) is 5.06. The van der Waals surface area contributed by atoms with Crippen LogP contribution < -0.4 is 10.6 Å². The van der Waals surface area contributed by atoms with Crippen LogP contribution in [-0.2, 0) is 4.79 Å². The van der Waals surface area contributed by atoms with E-state index in [1.807, 2.05) is 38.1 Å². The lowest BCUT2D eigenvalue weighted by molar-refractivity contribution is -0.116. The number of halogens is 1. The van der Waals surface area contributed by atoms with E-state index in [4.69, 9.17) is 0 Å². The lowest BCUT2D eigenvalue weighted by Crippen LogP contribution is -2.23. The van der Waals surface area contributed by atoms with Crippen molar-refractivity contribution in [1.82, 2.24) is 0 Å². The number of anilines is 2. The first-order valence-electron chi connectivity index (χ1n) is 9.00. The molecule has 1 aliphatic rings. The van der Waals surface area contributed by atoms with Gasteiger partial charge >= 0.3 is 0 Å². The third kappa shape index (κ3) is 3.20. The van der Waals surface area contributed by atoms with Crippen molar-refractivity contribution in [3.8, 4) is 0 Å². The largest absolute Gasteiger partial charge is 0.321 e. The molecule has 0 bridgehead atoms. The number of hydrogen-bond donors (Lipinski definition) is 2. The van der Waals surface area contributed by atoms with Crippen LogP contribution in [-0.4, -0.2) is 11.8 Å². The first kappa shape index (κ1) is 18.4. The zero-order valence-corrected chi connectivity index (χ0v) is 16.3. The second-order valence-electron chi connectivity index (χ2n) is 6.89. The molecule has 0 radical (unpaired) electrons.